The van der Waals surface area contributed by atoms with E-state index in [2.05, 4.69) is 9.72 Å². The molecule has 0 aliphatic rings. The molecule has 0 aliphatic heterocycles. The van der Waals surface area contributed by atoms with Crippen LogP contribution in [-0.4, -0.2) is 22.3 Å². The third-order valence-corrected chi connectivity index (χ3v) is 2.93. The molecule has 7 heteroatoms. The van der Waals surface area contributed by atoms with E-state index in [0.717, 1.165) is 11.0 Å². The van der Waals surface area contributed by atoms with E-state index in [9.17, 15) is 4.79 Å². The number of para-hydroxylation sites is 1. The fraction of sp³-hybridized carbons (Fsp3) is 0.200. The Morgan fingerprint density at radius 3 is 3.06 bits per heavy atom. The van der Waals surface area contributed by atoms with Gasteiger partial charge in [0.05, 0.1) is 22.6 Å². The fourth-order valence-electron chi connectivity index (χ4n) is 1.63. The van der Waals surface area contributed by atoms with Gasteiger partial charge in [-0.05, 0) is 24.4 Å². The summed E-state index contributed by atoms with van der Waals surface area (Å²) in [6, 6.07) is 5.49. The molecule has 0 spiro atoms. The summed E-state index contributed by atoms with van der Waals surface area (Å²) in [4.78, 5) is 13.5. The topological polar surface area (TPSA) is 73.0 Å². The summed E-state index contributed by atoms with van der Waals surface area (Å²) < 4.78 is 6.98. The van der Waals surface area contributed by atoms with Crippen LogP contribution in [0.5, 0.6) is 0 Å². The number of benzene rings is 1. The predicted molar refractivity (Wildman–Crippen MR) is 67.7 cm³/mol. The number of primary amides is 1. The zero-order valence-electron chi connectivity index (χ0n) is 8.77. The first-order valence-corrected chi connectivity index (χ1v) is 5.67. The maximum atomic E-state index is 10.5. The average Bonchev–Trinajstić information content (AvgIpc) is 2.56. The SMILES string of the molecule is NC(=O)OCCn1c(=S)[nH]c2cccc(Cl)c21. The van der Waals surface area contributed by atoms with Crippen LogP contribution >= 0.6 is 23.8 Å². The first-order valence-electron chi connectivity index (χ1n) is 4.89. The molecule has 90 valence electrons. The van der Waals surface area contributed by atoms with Crippen molar-refractivity contribution in [3.05, 3.63) is 28.0 Å². The van der Waals surface area contributed by atoms with Crippen LogP contribution in [0, 0.1) is 4.77 Å². The van der Waals surface area contributed by atoms with Gasteiger partial charge in [-0.15, -0.1) is 0 Å². The number of H-pyrrole nitrogens is 1. The summed E-state index contributed by atoms with van der Waals surface area (Å²) in [6.45, 7) is 0.563. The van der Waals surface area contributed by atoms with Crippen molar-refractivity contribution in [1.82, 2.24) is 9.55 Å². The van der Waals surface area contributed by atoms with Gasteiger partial charge in [0, 0.05) is 0 Å². The van der Waals surface area contributed by atoms with Gasteiger partial charge in [0.2, 0.25) is 0 Å². The number of aromatic amines is 1. The highest BCUT2D eigenvalue weighted by molar-refractivity contribution is 7.71. The number of nitrogens with zero attached hydrogens (tertiary/aromatic N) is 1. The molecular weight excluding hydrogens is 262 g/mol. The van der Waals surface area contributed by atoms with E-state index in [1.54, 1.807) is 10.6 Å². The highest BCUT2D eigenvalue weighted by Gasteiger charge is 2.08. The molecule has 1 aromatic heterocycles. The smallest absolute Gasteiger partial charge is 0.404 e. The Bertz CT molecular complexity index is 620. The second-order valence-electron chi connectivity index (χ2n) is 3.39. The number of rotatable bonds is 3. The predicted octanol–water partition coefficient (Wildman–Crippen LogP) is 2.45. The van der Waals surface area contributed by atoms with E-state index in [1.807, 2.05) is 12.1 Å². The van der Waals surface area contributed by atoms with Crippen molar-refractivity contribution in [3.8, 4) is 0 Å². The molecule has 0 unspecified atom stereocenters. The molecule has 0 saturated heterocycles. The minimum atomic E-state index is -0.803. The average molecular weight is 272 g/mol. The van der Waals surface area contributed by atoms with Crippen LogP contribution in [0.2, 0.25) is 5.02 Å². The number of ether oxygens (including phenoxy) is 1. The largest absolute Gasteiger partial charge is 0.448 e. The number of fused-ring (bicyclic) bond motifs is 1. The van der Waals surface area contributed by atoms with Gasteiger partial charge in [0.15, 0.2) is 4.77 Å². The zero-order valence-corrected chi connectivity index (χ0v) is 10.3. The normalized spacial score (nSPS) is 10.6. The molecule has 1 amide bonds. The Hall–Kier alpha value is -1.53. The number of carbonyl (C=O) groups excluding carboxylic acids is 1. The van der Waals surface area contributed by atoms with Crippen molar-refractivity contribution < 1.29 is 9.53 Å². The van der Waals surface area contributed by atoms with Crippen LogP contribution in [0.1, 0.15) is 0 Å². The molecule has 17 heavy (non-hydrogen) atoms. The minimum absolute atomic E-state index is 0.155. The van der Waals surface area contributed by atoms with Crippen LogP contribution < -0.4 is 5.73 Å². The van der Waals surface area contributed by atoms with Crippen molar-refractivity contribution in [2.75, 3.05) is 6.61 Å². The molecule has 2 rings (SSSR count). The minimum Gasteiger partial charge on any atom is -0.448 e. The monoisotopic (exact) mass is 271 g/mol. The van der Waals surface area contributed by atoms with Crippen LogP contribution in [0.25, 0.3) is 11.0 Å². The van der Waals surface area contributed by atoms with E-state index in [1.165, 1.54) is 0 Å². The Labute approximate surface area is 107 Å². The van der Waals surface area contributed by atoms with E-state index < -0.39 is 6.09 Å². The van der Waals surface area contributed by atoms with Gasteiger partial charge in [0.1, 0.15) is 6.61 Å². The molecule has 2 aromatic rings. The van der Waals surface area contributed by atoms with Crippen molar-refractivity contribution in [2.24, 2.45) is 5.73 Å². The number of nitrogens with one attached hydrogen (secondary N) is 1. The lowest BCUT2D eigenvalue weighted by atomic mass is 10.3. The summed E-state index contributed by atoms with van der Waals surface area (Å²) in [5.41, 5.74) is 6.53. The van der Waals surface area contributed by atoms with Gasteiger partial charge in [-0.25, -0.2) is 4.79 Å². The Morgan fingerprint density at radius 2 is 2.35 bits per heavy atom. The quantitative estimate of drug-likeness (QED) is 0.842. The highest BCUT2D eigenvalue weighted by atomic mass is 35.5. The summed E-state index contributed by atoms with van der Waals surface area (Å²) in [5, 5.41) is 0.592. The molecule has 0 bridgehead atoms. The molecule has 5 nitrogen and oxygen atoms in total. The van der Waals surface area contributed by atoms with Gasteiger partial charge < -0.3 is 20.0 Å². The van der Waals surface area contributed by atoms with Crippen molar-refractivity contribution in [3.63, 3.8) is 0 Å². The van der Waals surface area contributed by atoms with E-state index >= 15 is 0 Å². The third kappa shape index (κ3) is 2.42. The Kier molecular flexibility index (Phi) is 3.35. The fourth-order valence-corrected chi connectivity index (χ4v) is 2.19. The first kappa shape index (κ1) is 11.9. The number of imidazole rings is 1. The van der Waals surface area contributed by atoms with E-state index in [0.29, 0.717) is 16.3 Å². The van der Waals surface area contributed by atoms with Crippen molar-refractivity contribution in [1.29, 1.82) is 0 Å². The molecule has 1 aromatic carbocycles. The lowest BCUT2D eigenvalue weighted by Gasteiger charge is -2.05. The molecule has 1 heterocycles. The van der Waals surface area contributed by atoms with Gasteiger partial charge in [-0.2, -0.15) is 0 Å². The number of hydrogen-bond donors (Lipinski definition) is 2. The lowest BCUT2D eigenvalue weighted by Crippen LogP contribution is -2.16. The Morgan fingerprint density at radius 1 is 1.59 bits per heavy atom. The van der Waals surface area contributed by atoms with Crippen LogP contribution in [-0.2, 0) is 11.3 Å². The van der Waals surface area contributed by atoms with E-state index in [4.69, 9.17) is 29.6 Å². The summed E-state index contributed by atoms with van der Waals surface area (Å²) in [6.07, 6.45) is -0.803. The van der Waals surface area contributed by atoms with Gasteiger partial charge >= 0.3 is 6.09 Å². The van der Waals surface area contributed by atoms with Crippen LogP contribution in [0.15, 0.2) is 18.2 Å². The Balaban J connectivity index is 2.36. The van der Waals surface area contributed by atoms with Crippen molar-refractivity contribution in [2.45, 2.75) is 6.54 Å². The number of amides is 1. The summed E-state index contributed by atoms with van der Waals surface area (Å²) in [5.74, 6) is 0. The van der Waals surface area contributed by atoms with Gasteiger partial charge in [0.25, 0.3) is 0 Å². The molecule has 0 fully saturated rings. The molecule has 3 N–H and O–H groups in total. The first-order chi connectivity index (χ1) is 8.09. The standard InChI is InChI=1S/C10H10ClN3O2S/c11-6-2-1-3-7-8(6)14(10(17)13-7)4-5-16-9(12)15/h1-3H,4-5H2,(H2,12,15)(H,13,17). The highest BCUT2D eigenvalue weighted by Crippen LogP contribution is 2.23. The van der Waals surface area contributed by atoms with Gasteiger partial charge in [-0.3, -0.25) is 0 Å². The third-order valence-electron chi connectivity index (χ3n) is 2.30. The van der Waals surface area contributed by atoms with Crippen molar-refractivity contribution >= 4 is 40.9 Å². The summed E-state index contributed by atoms with van der Waals surface area (Å²) in [7, 11) is 0. The maximum absolute atomic E-state index is 10.5. The number of hydrogen-bond acceptors (Lipinski definition) is 3. The second-order valence-corrected chi connectivity index (χ2v) is 4.18. The molecule has 0 radical (unpaired) electrons. The lowest BCUT2D eigenvalue weighted by molar-refractivity contribution is 0.152. The van der Waals surface area contributed by atoms with Gasteiger partial charge in [-0.1, -0.05) is 17.7 Å². The second kappa shape index (κ2) is 4.77. The van der Waals surface area contributed by atoms with Crippen LogP contribution in [0.4, 0.5) is 4.79 Å². The summed E-state index contributed by atoms with van der Waals surface area (Å²) >= 11 is 11.3. The number of halogens is 1. The number of aromatic nitrogens is 2. The molecule has 0 saturated carbocycles. The zero-order chi connectivity index (χ0) is 12.4. The molecule has 0 aliphatic carbocycles. The molecule has 0 atom stereocenters. The van der Waals surface area contributed by atoms with Crippen LogP contribution in [0.3, 0.4) is 0 Å². The number of nitrogens with two attached hydrogens (primary N) is 1. The molecular formula is C10H10ClN3O2S. The maximum Gasteiger partial charge on any atom is 0.404 e. The van der Waals surface area contributed by atoms with E-state index in [-0.39, 0.29) is 6.61 Å². The number of carbonyl (C=O) groups is 1.